The van der Waals surface area contributed by atoms with Gasteiger partial charge in [-0.25, -0.2) is 14.4 Å². The summed E-state index contributed by atoms with van der Waals surface area (Å²) in [5.41, 5.74) is 2.51. The molecule has 0 aliphatic rings. The first-order chi connectivity index (χ1) is 11.6. The minimum Gasteiger partial charge on any atom is -0.366 e. The van der Waals surface area contributed by atoms with Crippen molar-refractivity contribution in [2.24, 2.45) is 0 Å². The fraction of sp³-hybridized carbons (Fsp3) is 0.111. The topological polar surface area (TPSA) is 49.8 Å². The molecule has 3 aromatic rings. The summed E-state index contributed by atoms with van der Waals surface area (Å²) in [5.74, 6) is 0.994. The van der Waals surface area contributed by atoms with Crippen LogP contribution in [-0.2, 0) is 6.54 Å². The predicted molar refractivity (Wildman–Crippen MR) is 95.2 cm³/mol. The molecule has 0 saturated heterocycles. The number of aryl methyl sites for hydroxylation is 1. The number of rotatable bonds is 5. The van der Waals surface area contributed by atoms with Crippen LogP contribution in [0, 0.1) is 12.7 Å². The summed E-state index contributed by atoms with van der Waals surface area (Å²) in [5, 5.41) is 6.96. The minimum absolute atomic E-state index is 0.244. The maximum atomic E-state index is 13.6. The molecule has 6 heteroatoms. The number of anilines is 3. The molecule has 1 heterocycles. The molecular weight excluding hydrogens is 327 g/mol. The Hall–Kier alpha value is -2.66. The van der Waals surface area contributed by atoms with Gasteiger partial charge in [0, 0.05) is 28.9 Å². The van der Waals surface area contributed by atoms with Crippen LogP contribution < -0.4 is 10.6 Å². The molecule has 122 valence electrons. The van der Waals surface area contributed by atoms with E-state index in [2.05, 4.69) is 20.6 Å². The third-order valence-corrected chi connectivity index (χ3v) is 3.78. The third kappa shape index (κ3) is 4.00. The second-order valence-electron chi connectivity index (χ2n) is 5.32. The normalized spacial score (nSPS) is 10.5. The van der Waals surface area contributed by atoms with Crippen molar-refractivity contribution in [1.29, 1.82) is 0 Å². The van der Waals surface area contributed by atoms with Crippen LogP contribution in [0.15, 0.2) is 54.9 Å². The van der Waals surface area contributed by atoms with Gasteiger partial charge in [-0.15, -0.1) is 0 Å². The van der Waals surface area contributed by atoms with Gasteiger partial charge in [0.2, 0.25) is 0 Å². The van der Waals surface area contributed by atoms with Crippen LogP contribution in [0.2, 0.25) is 5.02 Å². The SMILES string of the molecule is Cc1ccc(Cl)cc1Nc1cc(NCc2ccccc2F)ncn1. The number of nitrogens with one attached hydrogen (secondary N) is 2. The van der Waals surface area contributed by atoms with E-state index < -0.39 is 0 Å². The lowest BCUT2D eigenvalue weighted by atomic mass is 10.2. The number of benzene rings is 2. The number of hydrogen-bond acceptors (Lipinski definition) is 4. The van der Waals surface area contributed by atoms with Crippen molar-refractivity contribution < 1.29 is 4.39 Å². The largest absolute Gasteiger partial charge is 0.366 e. The van der Waals surface area contributed by atoms with Crippen LogP contribution in [0.1, 0.15) is 11.1 Å². The Bertz CT molecular complexity index is 854. The van der Waals surface area contributed by atoms with Crippen LogP contribution in [0.4, 0.5) is 21.7 Å². The first kappa shape index (κ1) is 16.2. The second kappa shape index (κ2) is 7.27. The van der Waals surface area contributed by atoms with Crippen molar-refractivity contribution in [3.05, 3.63) is 76.8 Å². The molecule has 4 nitrogen and oxygen atoms in total. The van der Waals surface area contributed by atoms with Gasteiger partial charge in [-0.05, 0) is 30.7 Å². The Balaban J connectivity index is 1.72. The third-order valence-electron chi connectivity index (χ3n) is 3.55. The molecular formula is C18H16ClFN4. The lowest BCUT2D eigenvalue weighted by Crippen LogP contribution is -2.04. The van der Waals surface area contributed by atoms with Crippen molar-refractivity contribution in [2.45, 2.75) is 13.5 Å². The highest BCUT2D eigenvalue weighted by molar-refractivity contribution is 6.30. The molecule has 2 aromatic carbocycles. The summed E-state index contributed by atoms with van der Waals surface area (Å²) in [6.07, 6.45) is 1.45. The van der Waals surface area contributed by atoms with Crippen molar-refractivity contribution in [2.75, 3.05) is 10.6 Å². The Morgan fingerprint density at radius 2 is 1.83 bits per heavy atom. The average Bonchev–Trinajstić information content (AvgIpc) is 2.58. The Morgan fingerprint density at radius 3 is 2.67 bits per heavy atom. The van der Waals surface area contributed by atoms with Crippen LogP contribution in [-0.4, -0.2) is 9.97 Å². The zero-order valence-corrected chi connectivity index (χ0v) is 13.8. The summed E-state index contributed by atoms with van der Waals surface area (Å²) in [7, 11) is 0. The molecule has 0 bridgehead atoms. The predicted octanol–water partition coefficient (Wildman–Crippen LogP) is 4.93. The van der Waals surface area contributed by atoms with E-state index in [1.807, 2.05) is 25.1 Å². The fourth-order valence-electron chi connectivity index (χ4n) is 2.22. The van der Waals surface area contributed by atoms with Gasteiger partial charge in [0.15, 0.2) is 0 Å². The number of hydrogen-bond donors (Lipinski definition) is 2. The minimum atomic E-state index is -0.244. The summed E-state index contributed by atoms with van der Waals surface area (Å²) in [6, 6.07) is 14.0. The molecule has 0 atom stereocenters. The summed E-state index contributed by atoms with van der Waals surface area (Å²) < 4.78 is 13.6. The van der Waals surface area contributed by atoms with E-state index in [0.29, 0.717) is 28.8 Å². The van der Waals surface area contributed by atoms with Crippen molar-refractivity contribution in [3.8, 4) is 0 Å². The summed E-state index contributed by atoms with van der Waals surface area (Å²) >= 11 is 6.03. The van der Waals surface area contributed by atoms with Crippen molar-refractivity contribution >= 4 is 28.9 Å². The smallest absolute Gasteiger partial charge is 0.135 e. The molecule has 24 heavy (non-hydrogen) atoms. The molecule has 0 amide bonds. The van der Waals surface area contributed by atoms with E-state index in [4.69, 9.17) is 11.6 Å². The number of aromatic nitrogens is 2. The van der Waals surface area contributed by atoms with Gasteiger partial charge in [0.05, 0.1) is 0 Å². The Labute approximate surface area is 144 Å². The fourth-order valence-corrected chi connectivity index (χ4v) is 2.39. The molecule has 0 unspecified atom stereocenters. The van der Waals surface area contributed by atoms with Gasteiger partial charge < -0.3 is 10.6 Å². The molecule has 0 radical (unpaired) electrons. The average molecular weight is 343 g/mol. The maximum absolute atomic E-state index is 13.6. The highest BCUT2D eigenvalue weighted by Gasteiger charge is 2.04. The van der Waals surface area contributed by atoms with E-state index in [9.17, 15) is 4.39 Å². The van der Waals surface area contributed by atoms with Gasteiger partial charge in [0.25, 0.3) is 0 Å². The molecule has 0 aliphatic carbocycles. The van der Waals surface area contributed by atoms with E-state index >= 15 is 0 Å². The zero-order valence-electron chi connectivity index (χ0n) is 13.1. The Kier molecular flexibility index (Phi) is 4.91. The molecule has 1 aromatic heterocycles. The number of nitrogens with zero attached hydrogens (tertiary/aromatic N) is 2. The molecule has 0 fully saturated rings. The Morgan fingerprint density at radius 1 is 1.04 bits per heavy atom. The van der Waals surface area contributed by atoms with Crippen LogP contribution in [0.5, 0.6) is 0 Å². The van der Waals surface area contributed by atoms with Crippen molar-refractivity contribution in [1.82, 2.24) is 9.97 Å². The second-order valence-corrected chi connectivity index (χ2v) is 5.75. The van der Waals surface area contributed by atoms with Gasteiger partial charge in [-0.1, -0.05) is 35.9 Å². The molecule has 0 aliphatic heterocycles. The molecule has 3 rings (SSSR count). The van der Waals surface area contributed by atoms with Crippen LogP contribution in [0.3, 0.4) is 0 Å². The summed E-state index contributed by atoms with van der Waals surface area (Å²) in [4.78, 5) is 8.35. The monoisotopic (exact) mass is 342 g/mol. The maximum Gasteiger partial charge on any atom is 0.135 e. The molecule has 0 spiro atoms. The lowest BCUT2D eigenvalue weighted by molar-refractivity contribution is 0.613. The molecule has 0 saturated carbocycles. The zero-order chi connectivity index (χ0) is 16.9. The van der Waals surface area contributed by atoms with Gasteiger partial charge in [0.1, 0.15) is 23.8 Å². The highest BCUT2D eigenvalue weighted by atomic mass is 35.5. The first-order valence-corrected chi connectivity index (χ1v) is 7.82. The van der Waals surface area contributed by atoms with E-state index in [1.165, 1.54) is 12.4 Å². The quantitative estimate of drug-likeness (QED) is 0.690. The lowest BCUT2D eigenvalue weighted by Gasteiger charge is -2.11. The van der Waals surface area contributed by atoms with E-state index in [-0.39, 0.29) is 5.82 Å². The first-order valence-electron chi connectivity index (χ1n) is 7.44. The van der Waals surface area contributed by atoms with Gasteiger partial charge in [-0.3, -0.25) is 0 Å². The van der Waals surface area contributed by atoms with E-state index in [1.54, 1.807) is 24.3 Å². The molecule has 2 N–H and O–H groups in total. The standard InChI is InChI=1S/C18H16ClFN4/c1-12-6-7-14(19)8-16(12)24-18-9-17(22-11-23-18)21-10-13-4-2-3-5-15(13)20/h2-9,11H,10H2,1H3,(H2,21,22,23,24). The highest BCUT2D eigenvalue weighted by Crippen LogP contribution is 2.24. The van der Waals surface area contributed by atoms with Gasteiger partial charge in [-0.2, -0.15) is 0 Å². The van der Waals surface area contributed by atoms with E-state index in [0.717, 1.165) is 11.3 Å². The number of halogens is 2. The van der Waals surface area contributed by atoms with Crippen molar-refractivity contribution in [3.63, 3.8) is 0 Å². The van der Waals surface area contributed by atoms with Crippen LogP contribution in [0.25, 0.3) is 0 Å². The van der Waals surface area contributed by atoms with Gasteiger partial charge >= 0.3 is 0 Å². The summed E-state index contributed by atoms with van der Waals surface area (Å²) in [6.45, 7) is 2.33. The van der Waals surface area contributed by atoms with Crippen LogP contribution >= 0.6 is 11.6 Å².